The van der Waals surface area contributed by atoms with Gasteiger partial charge in [-0.2, -0.15) is 0 Å². The SMILES string of the molecule is CCN1CCN(c2ncnc3sc(C(=O)NCCCN4CCCCC4C)c(C)c23)CC1. The number of aryl methyl sites for hydroxylation is 1. The van der Waals surface area contributed by atoms with Gasteiger partial charge >= 0.3 is 0 Å². The number of nitrogens with zero attached hydrogens (tertiary/aromatic N) is 5. The van der Waals surface area contributed by atoms with E-state index in [1.807, 2.05) is 6.92 Å². The number of piperidine rings is 1. The molecule has 0 bridgehead atoms. The summed E-state index contributed by atoms with van der Waals surface area (Å²) in [6.45, 7) is 14.7. The van der Waals surface area contributed by atoms with Gasteiger partial charge in [-0.1, -0.05) is 13.3 Å². The summed E-state index contributed by atoms with van der Waals surface area (Å²) in [7, 11) is 0. The number of thiophene rings is 1. The first-order valence-corrected chi connectivity index (χ1v) is 12.6. The molecule has 1 atom stereocenters. The summed E-state index contributed by atoms with van der Waals surface area (Å²) in [5, 5.41) is 4.19. The highest BCUT2D eigenvalue weighted by Gasteiger charge is 2.24. The van der Waals surface area contributed by atoms with Crippen molar-refractivity contribution in [2.24, 2.45) is 0 Å². The fraction of sp³-hybridized carbons (Fsp3) is 0.696. The Morgan fingerprint density at radius 2 is 2.00 bits per heavy atom. The summed E-state index contributed by atoms with van der Waals surface area (Å²) in [4.78, 5) is 31.1. The van der Waals surface area contributed by atoms with Crippen molar-refractivity contribution in [1.29, 1.82) is 0 Å². The Morgan fingerprint density at radius 1 is 1.19 bits per heavy atom. The Morgan fingerprint density at radius 3 is 2.74 bits per heavy atom. The molecule has 2 aromatic rings. The van der Waals surface area contributed by atoms with Crippen LogP contribution in [-0.2, 0) is 0 Å². The lowest BCUT2D eigenvalue weighted by Crippen LogP contribution is -2.46. The number of likely N-dealkylation sites (tertiary alicyclic amines) is 1. The van der Waals surface area contributed by atoms with E-state index in [9.17, 15) is 4.79 Å². The van der Waals surface area contributed by atoms with Crippen molar-refractivity contribution >= 4 is 33.3 Å². The van der Waals surface area contributed by atoms with Gasteiger partial charge < -0.3 is 20.0 Å². The number of anilines is 1. The number of piperazine rings is 1. The zero-order valence-electron chi connectivity index (χ0n) is 19.2. The molecule has 0 radical (unpaired) electrons. The third-order valence-corrected chi connectivity index (χ3v) is 8.08. The van der Waals surface area contributed by atoms with Gasteiger partial charge in [-0.3, -0.25) is 4.79 Å². The first kappa shape index (κ1) is 22.4. The van der Waals surface area contributed by atoms with Gasteiger partial charge in [-0.15, -0.1) is 11.3 Å². The summed E-state index contributed by atoms with van der Waals surface area (Å²) in [6.07, 6.45) is 6.57. The maximum atomic E-state index is 12.9. The third kappa shape index (κ3) is 5.02. The molecule has 1 N–H and O–H groups in total. The van der Waals surface area contributed by atoms with Crippen LogP contribution in [-0.4, -0.2) is 84.1 Å². The topological polar surface area (TPSA) is 64.6 Å². The molecule has 2 fully saturated rings. The van der Waals surface area contributed by atoms with Crippen molar-refractivity contribution in [3.05, 3.63) is 16.8 Å². The van der Waals surface area contributed by atoms with Crippen LogP contribution in [0, 0.1) is 6.92 Å². The number of aromatic nitrogens is 2. The molecule has 2 saturated heterocycles. The number of likely N-dealkylation sites (N-methyl/N-ethyl adjacent to an activating group) is 1. The van der Waals surface area contributed by atoms with E-state index in [4.69, 9.17) is 0 Å². The van der Waals surface area contributed by atoms with E-state index in [2.05, 4.69) is 43.8 Å². The highest BCUT2D eigenvalue weighted by molar-refractivity contribution is 7.20. The number of hydrogen-bond donors (Lipinski definition) is 1. The molecule has 1 unspecified atom stereocenters. The van der Waals surface area contributed by atoms with Crippen LogP contribution in [0.3, 0.4) is 0 Å². The lowest BCUT2D eigenvalue weighted by Gasteiger charge is -2.35. The number of rotatable bonds is 7. The van der Waals surface area contributed by atoms with Crippen LogP contribution >= 0.6 is 11.3 Å². The van der Waals surface area contributed by atoms with Crippen LogP contribution in [0.5, 0.6) is 0 Å². The molecule has 2 aromatic heterocycles. The molecule has 7 nitrogen and oxygen atoms in total. The molecule has 0 spiro atoms. The minimum Gasteiger partial charge on any atom is -0.353 e. The fourth-order valence-corrected chi connectivity index (χ4v) is 5.90. The molecule has 8 heteroatoms. The van der Waals surface area contributed by atoms with Crippen molar-refractivity contribution in [2.75, 3.05) is 57.3 Å². The van der Waals surface area contributed by atoms with Gasteiger partial charge in [-0.05, 0) is 51.8 Å². The molecule has 4 heterocycles. The van der Waals surface area contributed by atoms with Crippen molar-refractivity contribution in [3.63, 3.8) is 0 Å². The fourth-order valence-electron chi connectivity index (χ4n) is 4.84. The second kappa shape index (κ2) is 10.2. The number of amides is 1. The normalized spacial score (nSPS) is 21.0. The Balaban J connectivity index is 1.40. The minimum atomic E-state index is 0.0222. The summed E-state index contributed by atoms with van der Waals surface area (Å²) >= 11 is 1.49. The van der Waals surface area contributed by atoms with Gasteiger partial charge in [0.05, 0.1) is 10.3 Å². The van der Waals surface area contributed by atoms with Crippen LogP contribution in [0.2, 0.25) is 0 Å². The summed E-state index contributed by atoms with van der Waals surface area (Å²) in [6, 6.07) is 0.672. The monoisotopic (exact) mass is 444 g/mol. The Bertz CT molecular complexity index is 892. The summed E-state index contributed by atoms with van der Waals surface area (Å²) in [5.41, 5.74) is 1.01. The van der Waals surface area contributed by atoms with Crippen molar-refractivity contribution in [3.8, 4) is 0 Å². The van der Waals surface area contributed by atoms with E-state index in [1.165, 1.54) is 37.1 Å². The zero-order valence-corrected chi connectivity index (χ0v) is 20.0. The van der Waals surface area contributed by atoms with E-state index < -0.39 is 0 Å². The van der Waals surface area contributed by atoms with Crippen LogP contribution in [0.25, 0.3) is 10.2 Å². The molecular formula is C23H36N6OS. The number of carbonyl (C=O) groups is 1. The van der Waals surface area contributed by atoms with Crippen molar-refractivity contribution < 1.29 is 4.79 Å². The average Bonchev–Trinajstić information content (AvgIpc) is 3.14. The van der Waals surface area contributed by atoms with Crippen LogP contribution in [0.1, 0.15) is 54.8 Å². The maximum Gasteiger partial charge on any atom is 0.261 e. The number of fused-ring (bicyclic) bond motifs is 1. The predicted molar refractivity (Wildman–Crippen MR) is 128 cm³/mol. The molecule has 2 aliphatic heterocycles. The highest BCUT2D eigenvalue weighted by Crippen LogP contribution is 2.35. The molecule has 31 heavy (non-hydrogen) atoms. The van der Waals surface area contributed by atoms with E-state index in [0.717, 1.165) is 72.2 Å². The standard InChI is InChI=1S/C23H36N6OS/c1-4-27-12-14-29(15-13-27)21-19-18(3)20(31-23(19)26-16-25-21)22(30)24-9-7-11-28-10-6-5-8-17(28)2/h16-17H,4-15H2,1-3H3,(H,24,30). The minimum absolute atomic E-state index is 0.0222. The van der Waals surface area contributed by atoms with Crippen LogP contribution < -0.4 is 10.2 Å². The predicted octanol–water partition coefficient (Wildman–Crippen LogP) is 3.14. The largest absolute Gasteiger partial charge is 0.353 e. The van der Waals surface area contributed by atoms with Gasteiger partial charge in [0.1, 0.15) is 17.0 Å². The molecule has 1 amide bonds. The quantitative estimate of drug-likeness (QED) is 0.662. The van der Waals surface area contributed by atoms with Gasteiger partial charge in [0.2, 0.25) is 0 Å². The Hall–Kier alpha value is -1.77. The molecule has 0 saturated carbocycles. The molecule has 0 aliphatic carbocycles. The van der Waals surface area contributed by atoms with Gasteiger partial charge in [0.25, 0.3) is 5.91 Å². The number of carbonyl (C=O) groups excluding carboxylic acids is 1. The average molecular weight is 445 g/mol. The summed E-state index contributed by atoms with van der Waals surface area (Å²) in [5.74, 6) is 1.00. The Kier molecular flexibility index (Phi) is 7.40. The van der Waals surface area contributed by atoms with Crippen molar-refractivity contribution in [1.82, 2.24) is 25.1 Å². The Labute approximate surface area is 189 Å². The van der Waals surface area contributed by atoms with E-state index >= 15 is 0 Å². The highest BCUT2D eigenvalue weighted by atomic mass is 32.1. The smallest absolute Gasteiger partial charge is 0.261 e. The maximum absolute atomic E-state index is 12.9. The second-order valence-corrected chi connectivity index (χ2v) is 9.84. The number of nitrogens with one attached hydrogen (secondary N) is 1. The van der Waals surface area contributed by atoms with E-state index in [0.29, 0.717) is 12.6 Å². The van der Waals surface area contributed by atoms with E-state index in [1.54, 1.807) is 6.33 Å². The van der Waals surface area contributed by atoms with Crippen molar-refractivity contribution in [2.45, 2.75) is 52.5 Å². The van der Waals surface area contributed by atoms with Gasteiger partial charge in [-0.25, -0.2) is 9.97 Å². The number of hydrogen-bond acceptors (Lipinski definition) is 7. The van der Waals surface area contributed by atoms with E-state index in [-0.39, 0.29) is 5.91 Å². The first-order chi connectivity index (χ1) is 15.1. The lowest BCUT2D eigenvalue weighted by atomic mass is 10.0. The van der Waals surface area contributed by atoms with Crippen LogP contribution in [0.4, 0.5) is 5.82 Å². The summed E-state index contributed by atoms with van der Waals surface area (Å²) < 4.78 is 0. The molecule has 170 valence electrons. The van der Waals surface area contributed by atoms with Crippen LogP contribution in [0.15, 0.2) is 6.33 Å². The second-order valence-electron chi connectivity index (χ2n) is 8.85. The third-order valence-electron chi connectivity index (χ3n) is 6.88. The molecular weight excluding hydrogens is 408 g/mol. The zero-order chi connectivity index (χ0) is 21.8. The molecule has 4 rings (SSSR count). The lowest BCUT2D eigenvalue weighted by molar-refractivity contribution is 0.0952. The van der Waals surface area contributed by atoms with Gasteiger partial charge in [0, 0.05) is 45.3 Å². The van der Waals surface area contributed by atoms with Gasteiger partial charge in [0.15, 0.2) is 0 Å². The first-order valence-electron chi connectivity index (χ1n) is 11.8. The molecule has 2 aliphatic rings. The molecule has 0 aromatic carbocycles.